The van der Waals surface area contributed by atoms with Gasteiger partial charge in [0.2, 0.25) is 12.0 Å². The van der Waals surface area contributed by atoms with Crippen LogP contribution in [0.2, 0.25) is 0 Å². The van der Waals surface area contributed by atoms with Crippen LogP contribution in [0.3, 0.4) is 0 Å². The highest BCUT2D eigenvalue weighted by Gasteiger charge is 2.69. The van der Waals surface area contributed by atoms with Crippen LogP contribution in [0.25, 0.3) is 5.76 Å². The summed E-state index contributed by atoms with van der Waals surface area (Å²) in [5.74, 6) is -4.34. The first kappa shape index (κ1) is 38.3. The smallest absolute Gasteiger partial charge is 0.336 e. The zero-order chi connectivity index (χ0) is 40.9. The van der Waals surface area contributed by atoms with Crippen molar-refractivity contribution in [1.29, 1.82) is 0 Å². The van der Waals surface area contributed by atoms with Gasteiger partial charge in [-0.3, -0.25) is 10.4 Å². The lowest BCUT2D eigenvalue weighted by Crippen LogP contribution is -2.78. The van der Waals surface area contributed by atoms with Crippen LogP contribution in [0, 0.1) is 5.92 Å². The van der Waals surface area contributed by atoms with Crippen LogP contribution in [-0.2, 0) is 16.1 Å². The van der Waals surface area contributed by atoms with Crippen molar-refractivity contribution in [3.63, 3.8) is 0 Å². The highest BCUT2D eigenvalue weighted by molar-refractivity contribution is 6.14. The number of aliphatic hydroxyl groups excluding tert-OH is 3. The highest BCUT2D eigenvalue weighted by atomic mass is 16.7. The largest absolute Gasteiger partial charge is 0.508 e. The molecule has 1 fully saturated rings. The van der Waals surface area contributed by atoms with Gasteiger partial charge in [0.05, 0.1) is 18.2 Å². The summed E-state index contributed by atoms with van der Waals surface area (Å²) < 4.78 is 29.7. The molecule has 8 atom stereocenters. The molecule has 300 valence electrons. The number of hydrogen-bond acceptors (Lipinski definition) is 15. The lowest BCUT2D eigenvalue weighted by atomic mass is 9.64. The molecular weight excluding hydrogens is 760 g/mol. The van der Waals surface area contributed by atoms with E-state index in [1.807, 2.05) is 0 Å². The Balaban J connectivity index is 1.11. The summed E-state index contributed by atoms with van der Waals surface area (Å²) in [7, 11) is 0. The van der Waals surface area contributed by atoms with E-state index in [9.17, 15) is 45.6 Å². The molecule has 58 heavy (non-hydrogen) atoms. The number of nitrogens with two attached hydrogens (primary N) is 1. The zero-order valence-electron chi connectivity index (χ0n) is 30.2. The molecule has 10 N–H and O–H groups in total. The molecule has 3 aromatic rings. The fourth-order valence-electron chi connectivity index (χ4n) is 7.36. The number of phenolic OH excluding ortho intramolecular Hbond substituents is 2. The summed E-state index contributed by atoms with van der Waals surface area (Å²) in [6.45, 7) is -0.363. The summed E-state index contributed by atoms with van der Waals surface area (Å²) >= 11 is 0. The molecule has 18 heteroatoms. The number of hydrogen-bond donors (Lipinski definition) is 9. The summed E-state index contributed by atoms with van der Waals surface area (Å²) in [6.07, 6.45) is -0.295. The predicted octanol–water partition coefficient (Wildman–Crippen LogP) is 0.298. The summed E-state index contributed by atoms with van der Waals surface area (Å²) in [6, 6.07) is 13.8. The lowest BCUT2D eigenvalue weighted by molar-refractivity contribution is -0.337. The van der Waals surface area contributed by atoms with Crippen molar-refractivity contribution < 1.29 is 74.7 Å². The molecule has 1 saturated heterocycles. The molecule has 0 spiro atoms. The predicted molar refractivity (Wildman–Crippen MR) is 202 cm³/mol. The molecule has 0 amide bonds. The van der Waals surface area contributed by atoms with Crippen molar-refractivity contribution >= 4 is 35.3 Å². The van der Waals surface area contributed by atoms with Crippen LogP contribution < -0.4 is 24.4 Å². The van der Waals surface area contributed by atoms with Gasteiger partial charge in [0.25, 0.3) is 0 Å². The number of carbonyl (C=O) groups is 1. The van der Waals surface area contributed by atoms with Gasteiger partial charge in [-0.15, -0.1) is 0 Å². The molecule has 5 aliphatic rings. The number of phenols is 2. The van der Waals surface area contributed by atoms with Crippen molar-refractivity contribution in [2.75, 3.05) is 13.2 Å². The summed E-state index contributed by atoms with van der Waals surface area (Å²) in [5, 5.41) is 94.5. The van der Waals surface area contributed by atoms with Crippen LogP contribution in [-0.4, -0.2) is 119 Å². The second-order valence-electron chi connectivity index (χ2n) is 14.1. The van der Waals surface area contributed by atoms with Crippen LogP contribution in [0.1, 0.15) is 22.8 Å². The molecule has 4 heterocycles. The molecule has 18 nitrogen and oxygen atoms in total. The van der Waals surface area contributed by atoms with Crippen molar-refractivity contribution in [2.24, 2.45) is 20.9 Å². The minimum Gasteiger partial charge on any atom is -0.508 e. The quantitative estimate of drug-likeness (QED) is 0.112. The molecule has 3 aromatic carbocycles. The third kappa shape index (κ3) is 6.71. The maximum atomic E-state index is 12.6. The molecular formula is C40H37N4O14+. The van der Waals surface area contributed by atoms with Crippen molar-refractivity contribution in [2.45, 2.75) is 48.5 Å². The van der Waals surface area contributed by atoms with Gasteiger partial charge in [-0.25, -0.2) is 9.79 Å². The maximum absolute atomic E-state index is 12.6. The van der Waals surface area contributed by atoms with E-state index in [-0.39, 0.29) is 48.4 Å². The maximum Gasteiger partial charge on any atom is 0.336 e. The number of aliphatic carboxylic acids is 1. The Bertz CT molecular complexity index is 2360. The summed E-state index contributed by atoms with van der Waals surface area (Å²) in [4.78, 5) is 24.7. The Labute approximate surface area is 328 Å². The van der Waals surface area contributed by atoms with Gasteiger partial charge in [0.15, 0.2) is 35.0 Å². The van der Waals surface area contributed by atoms with Gasteiger partial charge in [0.1, 0.15) is 65.9 Å². The number of amidine groups is 1. The molecule has 0 aromatic heterocycles. The van der Waals surface area contributed by atoms with Gasteiger partial charge in [-0.2, -0.15) is 0 Å². The van der Waals surface area contributed by atoms with Crippen molar-refractivity contribution in [3.05, 3.63) is 102 Å². The first-order chi connectivity index (χ1) is 27.8. The number of carboxylic acid groups (broad SMARTS) is 1. The Kier molecular flexibility index (Phi) is 9.74. The Morgan fingerprint density at radius 3 is 2.53 bits per heavy atom. The lowest BCUT2D eigenvalue weighted by Gasteiger charge is -2.55. The standard InChI is InChI=1S/C40H36N4O14/c41-31-9-8-24(44-31)27(47)17-54-22-6-4-20(5-7-22)28-13-26(46)32-29(56-28)14-30(34(33(32)48)55-16-19-2-1-3-21(45)12-19)57-38-39(52)11-10-23(25-15-42-18-43-25)40(53,37(39)51)35(58-38)36(49)50/h1-14,18,23,27-28,35,37-38,41,45-48,51-53H,15-17H2,(H,49,50)/p+1/t23-,27+,28?,35-,37+,38-,39-,40-/m1/s1. The monoisotopic (exact) mass is 797 g/mol. The third-order valence-electron chi connectivity index (χ3n) is 10.3. The van der Waals surface area contributed by atoms with Gasteiger partial charge < -0.3 is 64.5 Å². The Hall–Kier alpha value is -6.57. The van der Waals surface area contributed by atoms with Crippen LogP contribution in [0.5, 0.6) is 34.5 Å². The molecule has 2 bridgehead atoms. The molecule has 1 unspecified atom stereocenters. The average Bonchev–Trinajstić information content (AvgIpc) is 3.89. The minimum atomic E-state index is -2.63. The van der Waals surface area contributed by atoms with E-state index in [4.69, 9.17) is 29.1 Å². The highest BCUT2D eigenvalue weighted by Crippen LogP contribution is 2.53. The van der Waals surface area contributed by atoms with Crippen molar-refractivity contribution in [1.82, 2.24) is 0 Å². The van der Waals surface area contributed by atoms with Crippen molar-refractivity contribution in [3.8, 4) is 34.5 Å². The second-order valence-corrected chi connectivity index (χ2v) is 14.1. The van der Waals surface area contributed by atoms with Crippen LogP contribution >= 0.6 is 0 Å². The van der Waals surface area contributed by atoms with E-state index in [2.05, 4.69) is 15.0 Å². The first-order valence-corrected chi connectivity index (χ1v) is 17.9. The topological polar surface area (TPSA) is 288 Å². The van der Waals surface area contributed by atoms with E-state index in [1.165, 1.54) is 36.7 Å². The van der Waals surface area contributed by atoms with E-state index in [0.29, 0.717) is 22.6 Å². The molecule has 4 aliphatic heterocycles. The number of ether oxygens (including phenoxy) is 5. The first-order valence-electron chi connectivity index (χ1n) is 17.9. The Morgan fingerprint density at radius 1 is 1.05 bits per heavy atom. The van der Waals surface area contributed by atoms with Crippen LogP contribution in [0.15, 0.2) is 100.0 Å². The van der Waals surface area contributed by atoms with E-state index >= 15 is 0 Å². The third-order valence-corrected chi connectivity index (χ3v) is 10.3. The van der Waals surface area contributed by atoms with Gasteiger partial charge >= 0.3 is 11.8 Å². The summed E-state index contributed by atoms with van der Waals surface area (Å²) in [5.41, 5.74) is -3.84. The van der Waals surface area contributed by atoms with Gasteiger partial charge in [-0.05, 0) is 52.5 Å². The van der Waals surface area contributed by atoms with E-state index in [0.717, 1.165) is 6.08 Å². The minimum absolute atomic E-state index is 0.0111. The normalized spacial score (nSPS) is 28.5. The Morgan fingerprint density at radius 2 is 1.84 bits per heavy atom. The van der Waals surface area contributed by atoms with Gasteiger partial charge in [-0.1, -0.05) is 30.3 Å². The fraction of sp³-hybridized carbons (Fsp3) is 0.275. The number of rotatable bonds is 12. The molecule has 0 radical (unpaired) electrons. The number of benzene rings is 3. The molecule has 8 rings (SSSR count). The zero-order valence-corrected chi connectivity index (χ0v) is 30.2. The average molecular weight is 798 g/mol. The van der Waals surface area contributed by atoms with Crippen LogP contribution in [0.4, 0.5) is 0 Å². The fourth-order valence-corrected chi connectivity index (χ4v) is 7.36. The number of fused-ring (bicyclic) bond motifs is 3. The number of carboxylic acids is 1. The SMILES string of the molecule is [NH2+]=C1C=CC([C@@H](O)COc2ccc(C3C=C(O)c4c(cc(O[C@@H]5O[C@H](C(=O)O)[C@]6(O)[C@@H](C7=NC=NC7)C=C[C@@]5(O)[C@@H]6O)c(OCc5cccc(O)c5)c4O)O3)cc2)=N1. The van der Waals surface area contributed by atoms with E-state index in [1.54, 1.807) is 48.6 Å². The molecule has 0 saturated carbocycles. The number of nitrogens with zero attached hydrogens (tertiary/aromatic N) is 3. The second kappa shape index (κ2) is 14.7. The number of aromatic hydroxyl groups is 2. The number of aliphatic hydroxyl groups is 5. The van der Waals surface area contributed by atoms with Gasteiger partial charge in [0, 0.05) is 18.2 Å². The van der Waals surface area contributed by atoms with E-state index < -0.39 is 76.8 Å². The molecule has 1 aliphatic carbocycles. The number of aliphatic imine (C=N–C) groups is 3.